The predicted molar refractivity (Wildman–Crippen MR) is 92.1 cm³/mol. The fourth-order valence-corrected chi connectivity index (χ4v) is 2.31. The summed E-state index contributed by atoms with van der Waals surface area (Å²) in [5.41, 5.74) is 1.73. The summed E-state index contributed by atoms with van der Waals surface area (Å²) in [5.74, 6) is -0.119. The van der Waals surface area contributed by atoms with Crippen molar-refractivity contribution in [1.29, 1.82) is 0 Å². The van der Waals surface area contributed by atoms with Crippen molar-refractivity contribution < 1.29 is 14.3 Å². The van der Waals surface area contributed by atoms with E-state index in [2.05, 4.69) is 10.3 Å². The smallest absolute Gasteiger partial charge is 0.338 e. The molecule has 0 spiro atoms. The average Bonchev–Trinajstić information content (AvgIpc) is 2.62. The molecule has 24 heavy (non-hydrogen) atoms. The first kappa shape index (κ1) is 15.7. The zero-order valence-corrected chi connectivity index (χ0v) is 13.2. The van der Waals surface area contributed by atoms with Gasteiger partial charge < -0.3 is 10.1 Å². The zero-order valence-electron chi connectivity index (χ0n) is 13.2. The van der Waals surface area contributed by atoms with E-state index in [1.807, 2.05) is 12.1 Å². The molecule has 3 rings (SSSR count). The first-order valence-corrected chi connectivity index (χ1v) is 7.61. The number of hydrogen-bond donors (Lipinski definition) is 1. The lowest BCUT2D eigenvalue weighted by atomic mass is 10.1. The lowest BCUT2D eigenvalue weighted by molar-refractivity contribution is 0.0526. The molecule has 0 saturated carbocycles. The second-order valence-electron chi connectivity index (χ2n) is 5.14. The minimum absolute atomic E-state index is 0.217. The van der Waals surface area contributed by atoms with Crippen LogP contribution in [0.15, 0.2) is 60.7 Å². The number of amides is 1. The molecule has 3 aromatic rings. The molecule has 120 valence electrons. The van der Waals surface area contributed by atoms with Crippen LogP contribution in [0, 0.1) is 0 Å². The summed E-state index contributed by atoms with van der Waals surface area (Å²) >= 11 is 0. The van der Waals surface area contributed by atoms with Gasteiger partial charge in [0.05, 0.1) is 17.7 Å². The van der Waals surface area contributed by atoms with Gasteiger partial charge in [0.1, 0.15) is 5.82 Å². The molecule has 0 bridgehead atoms. The van der Waals surface area contributed by atoms with Gasteiger partial charge in [-0.1, -0.05) is 18.2 Å². The third-order valence-corrected chi connectivity index (χ3v) is 3.48. The van der Waals surface area contributed by atoms with Crippen molar-refractivity contribution in [1.82, 2.24) is 4.98 Å². The van der Waals surface area contributed by atoms with Gasteiger partial charge in [-0.05, 0) is 49.4 Å². The number of fused-ring (bicyclic) bond motifs is 1. The van der Waals surface area contributed by atoms with Gasteiger partial charge in [0.25, 0.3) is 5.91 Å². The fourth-order valence-electron chi connectivity index (χ4n) is 2.31. The largest absolute Gasteiger partial charge is 0.462 e. The normalized spacial score (nSPS) is 10.4. The number of ether oxygens (including phenoxy) is 1. The van der Waals surface area contributed by atoms with Crippen molar-refractivity contribution in [3.05, 3.63) is 71.8 Å². The Balaban J connectivity index is 1.83. The molecular formula is C19H16N2O3. The summed E-state index contributed by atoms with van der Waals surface area (Å²) in [5, 5.41) is 3.57. The Morgan fingerprint density at radius 2 is 1.79 bits per heavy atom. The van der Waals surface area contributed by atoms with Gasteiger partial charge >= 0.3 is 5.97 Å². The van der Waals surface area contributed by atoms with E-state index in [0.29, 0.717) is 29.1 Å². The highest BCUT2D eigenvalue weighted by Crippen LogP contribution is 2.18. The molecule has 0 aliphatic rings. The van der Waals surface area contributed by atoms with Gasteiger partial charge in [0.2, 0.25) is 0 Å². The number of pyridine rings is 1. The minimum atomic E-state index is -0.360. The van der Waals surface area contributed by atoms with E-state index < -0.39 is 0 Å². The van der Waals surface area contributed by atoms with E-state index in [9.17, 15) is 9.59 Å². The van der Waals surface area contributed by atoms with Gasteiger partial charge in [0, 0.05) is 10.9 Å². The first-order chi connectivity index (χ1) is 11.7. The standard InChI is InChI=1S/C19H16N2O3/c1-2-24-19(23)15-8-10-16-14(12-15)9-11-17(20-16)21-18(22)13-6-4-3-5-7-13/h3-12H,2H2,1H3,(H,20,21,22). The van der Waals surface area contributed by atoms with Crippen molar-refractivity contribution in [2.24, 2.45) is 0 Å². The molecule has 1 aromatic heterocycles. The summed E-state index contributed by atoms with van der Waals surface area (Å²) in [6, 6.07) is 17.6. The number of anilines is 1. The summed E-state index contributed by atoms with van der Waals surface area (Å²) in [4.78, 5) is 28.3. The molecule has 1 N–H and O–H groups in total. The van der Waals surface area contributed by atoms with Crippen molar-refractivity contribution in [3.63, 3.8) is 0 Å². The van der Waals surface area contributed by atoms with Crippen LogP contribution in [-0.2, 0) is 4.74 Å². The van der Waals surface area contributed by atoms with Gasteiger partial charge in [-0.25, -0.2) is 9.78 Å². The zero-order chi connectivity index (χ0) is 16.9. The van der Waals surface area contributed by atoms with Crippen molar-refractivity contribution in [3.8, 4) is 0 Å². The van der Waals surface area contributed by atoms with E-state index >= 15 is 0 Å². The van der Waals surface area contributed by atoms with Crippen LogP contribution in [0.4, 0.5) is 5.82 Å². The van der Waals surface area contributed by atoms with Crippen LogP contribution in [0.5, 0.6) is 0 Å². The number of nitrogens with one attached hydrogen (secondary N) is 1. The molecule has 5 nitrogen and oxygen atoms in total. The third-order valence-electron chi connectivity index (χ3n) is 3.48. The summed E-state index contributed by atoms with van der Waals surface area (Å²) in [6.07, 6.45) is 0. The molecular weight excluding hydrogens is 304 g/mol. The predicted octanol–water partition coefficient (Wildman–Crippen LogP) is 3.66. The second kappa shape index (κ2) is 6.91. The van der Waals surface area contributed by atoms with Crippen LogP contribution in [0.2, 0.25) is 0 Å². The van der Waals surface area contributed by atoms with Gasteiger partial charge in [0.15, 0.2) is 0 Å². The third kappa shape index (κ3) is 3.41. The SMILES string of the molecule is CCOC(=O)c1ccc2nc(NC(=O)c3ccccc3)ccc2c1. The highest BCUT2D eigenvalue weighted by Gasteiger charge is 2.09. The van der Waals surface area contributed by atoms with Crippen molar-refractivity contribution >= 4 is 28.6 Å². The number of benzene rings is 2. The average molecular weight is 320 g/mol. The quantitative estimate of drug-likeness (QED) is 0.745. The highest BCUT2D eigenvalue weighted by molar-refractivity contribution is 6.04. The van der Waals surface area contributed by atoms with E-state index in [4.69, 9.17) is 4.74 Å². The van der Waals surface area contributed by atoms with Gasteiger partial charge in [-0.15, -0.1) is 0 Å². The fraction of sp³-hybridized carbons (Fsp3) is 0.105. The van der Waals surface area contributed by atoms with E-state index in [0.717, 1.165) is 5.39 Å². The number of nitrogens with zero attached hydrogens (tertiary/aromatic N) is 1. The topological polar surface area (TPSA) is 68.3 Å². The molecule has 1 heterocycles. The Morgan fingerprint density at radius 3 is 2.54 bits per heavy atom. The Morgan fingerprint density at radius 1 is 1.00 bits per heavy atom. The second-order valence-corrected chi connectivity index (χ2v) is 5.14. The molecule has 2 aromatic carbocycles. The van der Waals surface area contributed by atoms with Crippen LogP contribution in [0.3, 0.4) is 0 Å². The Kier molecular flexibility index (Phi) is 4.52. The first-order valence-electron chi connectivity index (χ1n) is 7.61. The summed E-state index contributed by atoms with van der Waals surface area (Å²) < 4.78 is 4.99. The highest BCUT2D eigenvalue weighted by atomic mass is 16.5. The molecule has 5 heteroatoms. The maximum absolute atomic E-state index is 12.2. The molecule has 0 aliphatic carbocycles. The molecule has 0 radical (unpaired) electrons. The van der Waals surface area contributed by atoms with Crippen LogP contribution < -0.4 is 5.32 Å². The summed E-state index contributed by atoms with van der Waals surface area (Å²) in [7, 11) is 0. The van der Waals surface area contributed by atoms with Crippen LogP contribution in [-0.4, -0.2) is 23.5 Å². The summed E-state index contributed by atoms with van der Waals surface area (Å²) in [6.45, 7) is 2.10. The van der Waals surface area contributed by atoms with Gasteiger partial charge in [-0.3, -0.25) is 4.79 Å². The number of carbonyl (C=O) groups is 2. The number of aromatic nitrogens is 1. The Hall–Kier alpha value is -3.21. The lowest BCUT2D eigenvalue weighted by Gasteiger charge is -2.07. The lowest BCUT2D eigenvalue weighted by Crippen LogP contribution is -2.12. The Bertz CT molecular complexity index is 892. The van der Waals surface area contributed by atoms with E-state index in [-0.39, 0.29) is 11.9 Å². The monoisotopic (exact) mass is 320 g/mol. The van der Waals surface area contributed by atoms with E-state index in [1.54, 1.807) is 55.5 Å². The van der Waals surface area contributed by atoms with E-state index in [1.165, 1.54) is 0 Å². The van der Waals surface area contributed by atoms with Gasteiger partial charge in [-0.2, -0.15) is 0 Å². The van der Waals surface area contributed by atoms with Crippen LogP contribution >= 0.6 is 0 Å². The number of hydrogen-bond acceptors (Lipinski definition) is 4. The van der Waals surface area contributed by atoms with Crippen LogP contribution in [0.1, 0.15) is 27.6 Å². The molecule has 1 amide bonds. The maximum Gasteiger partial charge on any atom is 0.338 e. The van der Waals surface area contributed by atoms with Crippen molar-refractivity contribution in [2.75, 3.05) is 11.9 Å². The molecule has 0 atom stereocenters. The molecule has 0 saturated heterocycles. The molecule has 0 unspecified atom stereocenters. The maximum atomic E-state index is 12.2. The molecule has 0 aliphatic heterocycles. The van der Waals surface area contributed by atoms with Crippen molar-refractivity contribution in [2.45, 2.75) is 6.92 Å². The number of carbonyl (C=O) groups excluding carboxylic acids is 2. The molecule has 0 fully saturated rings. The number of esters is 1. The van der Waals surface area contributed by atoms with Crippen LogP contribution in [0.25, 0.3) is 10.9 Å². The Labute approximate surface area is 139 Å². The minimum Gasteiger partial charge on any atom is -0.462 e. The number of rotatable bonds is 4.